The number of aromatic nitrogens is 1. The topological polar surface area (TPSA) is 83.2 Å². The molecule has 3 rings (SSSR count). The maximum atomic E-state index is 13.2. The first kappa shape index (κ1) is 22.2. The summed E-state index contributed by atoms with van der Waals surface area (Å²) in [6, 6.07) is 7.50. The van der Waals surface area contributed by atoms with Crippen LogP contribution in [-0.4, -0.2) is 35.7 Å². The van der Waals surface area contributed by atoms with Gasteiger partial charge in [-0.1, -0.05) is 64.2 Å². The molecule has 1 atom stereocenters. The molecule has 0 spiro atoms. The number of rotatable bonds is 7. The molecular formula is C24H35N3O3. The molecule has 1 aromatic heterocycles. The lowest BCUT2D eigenvalue weighted by atomic mass is 9.96. The highest BCUT2D eigenvalue weighted by Crippen LogP contribution is 2.20. The second kappa shape index (κ2) is 11.0. The number of carbonyl (C=O) groups excluding carboxylic acids is 2. The highest BCUT2D eigenvalue weighted by atomic mass is 16.5. The van der Waals surface area contributed by atoms with Crippen molar-refractivity contribution in [2.45, 2.75) is 77.3 Å². The molecule has 164 valence electrons. The van der Waals surface area contributed by atoms with Crippen LogP contribution in [0.5, 0.6) is 0 Å². The largest absolute Gasteiger partial charge is 0.449 e. The Hall–Kier alpha value is -2.50. The Morgan fingerprint density at radius 1 is 1.10 bits per heavy atom. The van der Waals surface area contributed by atoms with E-state index in [0.29, 0.717) is 13.0 Å². The molecule has 0 bridgehead atoms. The van der Waals surface area contributed by atoms with Gasteiger partial charge in [0, 0.05) is 29.6 Å². The van der Waals surface area contributed by atoms with Crippen LogP contribution in [0.15, 0.2) is 30.5 Å². The van der Waals surface area contributed by atoms with Crippen LogP contribution in [0, 0.1) is 5.92 Å². The van der Waals surface area contributed by atoms with Gasteiger partial charge in [0.15, 0.2) is 0 Å². The van der Waals surface area contributed by atoms with E-state index in [0.717, 1.165) is 42.1 Å². The molecule has 3 N–H and O–H groups in total. The van der Waals surface area contributed by atoms with E-state index in [4.69, 9.17) is 4.74 Å². The summed E-state index contributed by atoms with van der Waals surface area (Å²) in [6.07, 6.45) is 9.82. The molecule has 6 heteroatoms. The molecule has 1 fully saturated rings. The fraction of sp³-hybridized carbons (Fsp3) is 0.583. The van der Waals surface area contributed by atoms with Crippen LogP contribution >= 0.6 is 0 Å². The van der Waals surface area contributed by atoms with E-state index in [1.807, 2.05) is 44.3 Å². The minimum atomic E-state index is -0.672. The van der Waals surface area contributed by atoms with E-state index in [2.05, 4.69) is 15.6 Å². The van der Waals surface area contributed by atoms with E-state index in [9.17, 15) is 9.59 Å². The van der Waals surface area contributed by atoms with Gasteiger partial charge in [-0.3, -0.25) is 4.79 Å². The van der Waals surface area contributed by atoms with Crippen LogP contribution < -0.4 is 10.6 Å². The minimum absolute atomic E-state index is 0.132. The van der Waals surface area contributed by atoms with Crippen molar-refractivity contribution in [1.29, 1.82) is 0 Å². The predicted molar refractivity (Wildman–Crippen MR) is 119 cm³/mol. The molecule has 2 amide bonds. The van der Waals surface area contributed by atoms with Crippen molar-refractivity contribution < 1.29 is 14.3 Å². The van der Waals surface area contributed by atoms with Gasteiger partial charge in [-0.2, -0.15) is 0 Å². The maximum Gasteiger partial charge on any atom is 0.407 e. The third kappa shape index (κ3) is 6.51. The Bertz CT molecular complexity index is 822. The van der Waals surface area contributed by atoms with Crippen LogP contribution in [0.25, 0.3) is 10.9 Å². The van der Waals surface area contributed by atoms with Gasteiger partial charge in [0.05, 0.1) is 6.61 Å². The number of ether oxygens (including phenoxy) is 1. The van der Waals surface area contributed by atoms with E-state index >= 15 is 0 Å². The first-order valence-corrected chi connectivity index (χ1v) is 11.3. The minimum Gasteiger partial charge on any atom is -0.449 e. The van der Waals surface area contributed by atoms with Gasteiger partial charge in [0.1, 0.15) is 6.04 Å². The first-order valence-electron chi connectivity index (χ1n) is 11.3. The van der Waals surface area contributed by atoms with E-state index in [1.54, 1.807) is 0 Å². The smallest absolute Gasteiger partial charge is 0.407 e. The third-order valence-electron chi connectivity index (χ3n) is 5.71. The number of aromatic amines is 1. The normalized spacial score (nSPS) is 16.6. The summed E-state index contributed by atoms with van der Waals surface area (Å²) >= 11 is 0. The molecule has 1 heterocycles. The lowest BCUT2D eigenvalue weighted by molar-refractivity contribution is -0.123. The third-order valence-corrected chi connectivity index (χ3v) is 5.71. The highest BCUT2D eigenvalue weighted by Gasteiger charge is 2.25. The zero-order valence-corrected chi connectivity index (χ0v) is 18.2. The number of amides is 2. The lowest BCUT2D eigenvalue weighted by Gasteiger charge is -2.25. The first-order chi connectivity index (χ1) is 14.5. The average molecular weight is 414 g/mol. The van der Waals surface area contributed by atoms with Crippen molar-refractivity contribution in [3.05, 3.63) is 36.0 Å². The second-order valence-corrected chi connectivity index (χ2v) is 8.80. The Morgan fingerprint density at radius 2 is 1.80 bits per heavy atom. The SMILES string of the molecule is CC(C)COC(=O)N[C@@H](Cc1c[nH]c2ccccc12)C(=O)NC1CCCCCCC1. The Kier molecular flexibility index (Phi) is 8.17. The van der Waals surface area contributed by atoms with Gasteiger partial charge in [0.2, 0.25) is 5.91 Å². The van der Waals surface area contributed by atoms with Crippen LogP contribution in [0.3, 0.4) is 0 Å². The van der Waals surface area contributed by atoms with E-state index < -0.39 is 12.1 Å². The number of alkyl carbamates (subject to hydrolysis) is 1. The number of hydrogen-bond donors (Lipinski definition) is 3. The Morgan fingerprint density at radius 3 is 2.53 bits per heavy atom. The number of benzene rings is 1. The summed E-state index contributed by atoms with van der Waals surface area (Å²) in [5.74, 6) is 0.110. The van der Waals surface area contributed by atoms with Crippen molar-refractivity contribution in [1.82, 2.24) is 15.6 Å². The Balaban J connectivity index is 1.70. The van der Waals surface area contributed by atoms with Crippen LogP contribution in [0.2, 0.25) is 0 Å². The molecule has 0 unspecified atom stereocenters. The molecule has 1 aliphatic rings. The fourth-order valence-electron chi connectivity index (χ4n) is 4.06. The molecule has 0 radical (unpaired) electrons. The number of H-pyrrole nitrogens is 1. The zero-order chi connectivity index (χ0) is 21.3. The summed E-state index contributed by atoms with van der Waals surface area (Å²) in [4.78, 5) is 28.7. The summed E-state index contributed by atoms with van der Waals surface area (Å²) in [6.45, 7) is 4.30. The summed E-state index contributed by atoms with van der Waals surface area (Å²) in [5, 5.41) is 7.07. The van der Waals surface area contributed by atoms with Crippen molar-refractivity contribution in [2.75, 3.05) is 6.61 Å². The fourth-order valence-corrected chi connectivity index (χ4v) is 4.06. The van der Waals surface area contributed by atoms with Crippen LogP contribution in [-0.2, 0) is 16.0 Å². The molecular weight excluding hydrogens is 378 g/mol. The van der Waals surface area contributed by atoms with Crippen molar-refractivity contribution in [2.24, 2.45) is 5.92 Å². The summed E-state index contributed by atoms with van der Waals surface area (Å²) in [7, 11) is 0. The van der Waals surface area contributed by atoms with Crippen LogP contribution in [0.4, 0.5) is 4.79 Å². The maximum absolute atomic E-state index is 13.2. The van der Waals surface area contributed by atoms with Crippen molar-refractivity contribution in [3.8, 4) is 0 Å². The standard InChI is InChI=1S/C24H35N3O3/c1-17(2)16-30-24(29)27-22(14-18-15-25-21-13-9-8-12-20(18)21)23(28)26-19-10-6-4-3-5-7-11-19/h8-9,12-13,15,17,19,22,25H,3-7,10-11,14,16H2,1-2H3,(H,26,28)(H,27,29)/t22-/m0/s1. The van der Waals surface area contributed by atoms with Gasteiger partial charge >= 0.3 is 6.09 Å². The number of fused-ring (bicyclic) bond motifs is 1. The molecule has 1 aromatic carbocycles. The van der Waals surface area contributed by atoms with E-state index in [-0.39, 0.29) is 17.9 Å². The quantitative estimate of drug-likeness (QED) is 0.616. The molecule has 1 aliphatic carbocycles. The molecule has 6 nitrogen and oxygen atoms in total. The molecule has 2 aromatic rings. The predicted octanol–water partition coefficient (Wildman–Crippen LogP) is 4.69. The number of para-hydroxylation sites is 1. The van der Waals surface area contributed by atoms with Gasteiger partial charge in [-0.05, 0) is 30.4 Å². The van der Waals surface area contributed by atoms with Gasteiger partial charge in [-0.15, -0.1) is 0 Å². The number of carbonyl (C=O) groups is 2. The monoisotopic (exact) mass is 413 g/mol. The summed E-state index contributed by atoms with van der Waals surface area (Å²) in [5.41, 5.74) is 2.03. The number of hydrogen-bond acceptors (Lipinski definition) is 3. The van der Waals surface area contributed by atoms with Crippen molar-refractivity contribution in [3.63, 3.8) is 0 Å². The number of nitrogens with one attached hydrogen (secondary N) is 3. The second-order valence-electron chi connectivity index (χ2n) is 8.80. The molecule has 0 saturated heterocycles. The Labute approximate surface area is 179 Å². The molecule has 1 saturated carbocycles. The summed E-state index contributed by atoms with van der Waals surface area (Å²) < 4.78 is 5.28. The molecule has 30 heavy (non-hydrogen) atoms. The van der Waals surface area contributed by atoms with Gasteiger partial charge in [0.25, 0.3) is 0 Å². The van der Waals surface area contributed by atoms with Gasteiger partial charge in [-0.25, -0.2) is 4.79 Å². The lowest BCUT2D eigenvalue weighted by Crippen LogP contribution is -2.51. The average Bonchev–Trinajstić information content (AvgIpc) is 3.11. The van der Waals surface area contributed by atoms with Crippen LogP contribution in [0.1, 0.15) is 64.4 Å². The van der Waals surface area contributed by atoms with Crippen molar-refractivity contribution >= 4 is 22.9 Å². The van der Waals surface area contributed by atoms with Gasteiger partial charge < -0.3 is 20.4 Å². The highest BCUT2D eigenvalue weighted by molar-refractivity contribution is 5.88. The molecule has 0 aliphatic heterocycles. The van der Waals surface area contributed by atoms with E-state index in [1.165, 1.54) is 19.3 Å². The zero-order valence-electron chi connectivity index (χ0n) is 18.2.